The molecule has 1 aliphatic rings. The number of anilines is 2. The first-order valence-corrected chi connectivity index (χ1v) is 6.03. The minimum Gasteiger partial charge on any atom is -0.396 e. The van der Waals surface area contributed by atoms with Crippen molar-refractivity contribution in [3.63, 3.8) is 0 Å². The molecule has 1 aromatic carbocycles. The summed E-state index contributed by atoms with van der Waals surface area (Å²) in [6, 6.07) is 4.79. The molecule has 1 unspecified atom stereocenters. The molecule has 1 aliphatic heterocycles. The normalized spacial score (nSPS) is 18.8. The summed E-state index contributed by atoms with van der Waals surface area (Å²) in [5, 5.41) is 0. The lowest BCUT2D eigenvalue weighted by atomic mass is 9.99. The molecule has 0 spiro atoms. The highest BCUT2D eigenvalue weighted by Crippen LogP contribution is 2.24. The van der Waals surface area contributed by atoms with E-state index in [-0.39, 0.29) is 11.6 Å². The molecule has 5 heteroatoms. The molecule has 1 atom stereocenters. The van der Waals surface area contributed by atoms with Gasteiger partial charge in [0.05, 0.1) is 5.69 Å². The largest absolute Gasteiger partial charge is 0.396 e. The first-order valence-electron chi connectivity index (χ1n) is 6.03. The number of carbonyl (C=O) groups excluding carboxylic acids is 1. The third-order valence-electron chi connectivity index (χ3n) is 3.00. The number of carbonyl (C=O) groups is 1. The van der Waals surface area contributed by atoms with Crippen molar-refractivity contribution in [1.82, 2.24) is 0 Å². The van der Waals surface area contributed by atoms with Crippen LogP contribution in [0.4, 0.5) is 15.8 Å². The molecule has 1 fully saturated rings. The standard InChI is InChI=1S/C12H15FN2O.CH5N/c13-11-6-10(3-4-12(11)14)15-5-1-2-9(7-15)8-16;1-2/h3-4,6,8-9H,1-2,5,7,14H2;2H2,1H3. The van der Waals surface area contributed by atoms with Crippen LogP contribution in [0.2, 0.25) is 0 Å². The van der Waals surface area contributed by atoms with Crippen LogP contribution in [0.25, 0.3) is 0 Å². The highest BCUT2D eigenvalue weighted by molar-refractivity contribution is 5.59. The van der Waals surface area contributed by atoms with Crippen LogP contribution in [0.1, 0.15) is 12.8 Å². The summed E-state index contributed by atoms with van der Waals surface area (Å²) in [7, 11) is 1.50. The molecule has 0 amide bonds. The van der Waals surface area contributed by atoms with Crippen LogP contribution in [-0.4, -0.2) is 26.4 Å². The van der Waals surface area contributed by atoms with E-state index in [2.05, 4.69) is 5.73 Å². The Hall–Kier alpha value is -1.62. The van der Waals surface area contributed by atoms with Gasteiger partial charge in [0.1, 0.15) is 12.1 Å². The lowest BCUT2D eigenvalue weighted by molar-refractivity contribution is -0.111. The summed E-state index contributed by atoms with van der Waals surface area (Å²) in [5.41, 5.74) is 10.9. The Labute approximate surface area is 107 Å². The second kappa shape index (κ2) is 6.96. The van der Waals surface area contributed by atoms with E-state index in [1.165, 1.54) is 13.1 Å². The quantitative estimate of drug-likeness (QED) is 0.617. The molecule has 4 N–H and O–H groups in total. The number of piperidine rings is 1. The van der Waals surface area contributed by atoms with Gasteiger partial charge in [0.2, 0.25) is 0 Å². The van der Waals surface area contributed by atoms with Gasteiger partial charge in [0.25, 0.3) is 0 Å². The van der Waals surface area contributed by atoms with Crippen molar-refractivity contribution in [2.24, 2.45) is 11.7 Å². The minimum atomic E-state index is -0.397. The van der Waals surface area contributed by atoms with Gasteiger partial charge in [-0.05, 0) is 38.1 Å². The van der Waals surface area contributed by atoms with Gasteiger partial charge in [-0.15, -0.1) is 0 Å². The SMILES string of the molecule is CN.Nc1ccc(N2CCCC(C=O)C2)cc1F. The number of halogens is 1. The number of nitrogens with two attached hydrogens (primary N) is 2. The van der Waals surface area contributed by atoms with Crippen LogP contribution < -0.4 is 16.4 Å². The van der Waals surface area contributed by atoms with Crippen molar-refractivity contribution in [1.29, 1.82) is 0 Å². The van der Waals surface area contributed by atoms with Gasteiger partial charge in [0, 0.05) is 24.7 Å². The predicted molar refractivity (Wildman–Crippen MR) is 71.9 cm³/mol. The van der Waals surface area contributed by atoms with Crippen LogP contribution in [0.5, 0.6) is 0 Å². The van der Waals surface area contributed by atoms with E-state index >= 15 is 0 Å². The zero-order chi connectivity index (χ0) is 13.5. The van der Waals surface area contributed by atoms with Gasteiger partial charge >= 0.3 is 0 Å². The topological polar surface area (TPSA) is 72.3 Å². The van der Waals surface area contributed by atoms with E-state index < -0.39 is 5.82 Å². The molecule has 0 aromatic heterocycles. The maximum atomic E-state index is 13.3. The van der Waals surface area contributed by atoms with E-state index in [9.17, 15) is 9.18 Å². The van der Waals surface area contributed by atoms with Crippen molar-refractivity contribution in [3.8, 4) is 0 Å². The van der Waals surface area contributed by atoms with Crippen LogP contribution in [0.15, 0.2) is 18.2 Å². The lowest BCUT2D eigenvalue weighted by Crippen LogP contribution is -2.36. The van der Waals surface area contributed by atoms with Gasteiger partial charge in [-0.2, -0.15) is 0 Å². The zero-order valence-electron chi connectivity index (χ0n) is 10.6. The Morgan fingerprint density at radius 3 is 2.78 bits per heavy atom. The Morgan fingerprint density at radius 1 is 1.44 bits per heavy atom. The van der Waals surface area contributed by atoms with E-state index in [1.54, 1.807) is 12.1 Å². The third kappa shape index (κ3) is 3.43. The van der Waals surface area contributed by atoms with Crippen molar-refractivity contribution >= 4 is 17.7 Å². The van der Waals surface area contributed by atoms with Gasteiger partial charge < -0.3 is 21.2 Å². The molecule has 0 saturated carbocycles. The van der Waals surface area contributed by atoms with E-state index in [0.29, 0.717) is 6.54 Å². The van der Waals surface area contributed by atoms with E-state index in [4.69, 9.17) is 5.73 Å². The van der Waals surface area contributed by atoms with Crippen LogP contribution in [0.3, 0.4) is 0 Å². The monoisotopic (exact) mass is 253 g/mol. The smallest absolute Gasteiger partial charge is 0.148 e. The fourth-order valence-corrected chi connectivity index (χ4v) is 2.07. The minimum absolute atomic E-state index is 0.0642. The Morgan fingerprint density at radius 2 is 2.17 bits per heavy atom. The van der Waals surface area contributed by atoms with Crippen molar-refractivity contribution in [2.45, 2.75) is 12.8 Å². The molecule has 1 aromatic rings. The summed E-state index contributed by atoms with van der Waals surface area (Å²) in [5.74, 6) is -0.333. The number of nitrogens with zero attached hydrogens (tertiary/aromatic N) is 1. The first kappa shape index (κ1) is 14.4. The zero-order valence-corrected chi connectivity index (χ0v) is 10.6. The molecule has 18 heavy (non-hydrogen) atoms. The number of benzene rings is 1. The van der Waals surface area contributed by atoms with Crippen LogP contribution in [-0.2, 0) is 4.79 Å². The fraction of sp³-hybridized carbons (Fsp3) is 0.462. The number of hydrogen-bond acceptors (Lipinski definition) is 4. The van der Waals surface area contributed by atoms with Gasteiger partial charge in [-0.1, -0.05) is 0 Å². The van der Waals surface area contributed by atoms with E-state index in [0.717, 1.165) is 31.4 Å². The summed E-state index contributed by atoms with van der Waals surface area (Å²) in [6.45, 7) is 1.54. The lowest BCUT2D eigenvalue weighted by Gasteiger charge is -2.32. The number of rotatable bonds is 2. The molecule has 1 saturated heterocycles. The third-order valence-corrected chi connectivity index (χ3v) is 3.00. The average molecular weight is 253 g/mol. The van der Waals surface area contributed by atoms with Crippen LogP contribution >= 0.6 is 0 Å². The van der Waals surface area contributed by atoms with Crippen molar-refractivity contribution in [2.75, 3.05) is 30.8 Å². The Kier molecular flexibility index (Phi) is 5.58. The Bertz CT molecular complexity index is 398. The molecule has 1 heterocycles. The summed E-state index contributed by atoms with van der Waals surface area (Å²) in [4.78, 5) is 12.8. The summed E-state index contributed by atoms with van der Waals surface area (Å²) >= 11 is 0. The van der Waals surface area contributed by atoms with Gasteiger partial charge in [0.15, 0.2) is 0 Å². The first-order chi connectivity index (χ1) is 8.70. The molecule has 2 rings (SSSR count). The second-order valence-corrected chi connectivity index (χ2v) is 4.19. The molecular formula is C13H20FN3O. The predicted octanol–water partition coefficient (Wildman–Crippen LogP) is 1.40. The average Bonchev–Trinajstić information content (AvgIpc) is 2.44. The number of nitrogen functional groups attached to an aromatic ring is 1. The highest BCUT2D eigenvalue weighted by Gasteiger charge is 2.19. The maximum absolute atomic E-state index is 13.3. The van der Waals surface area contributed by atoms with Crippen LogP contribution in [0, 0.1) is 11.7 Å². The molecule has 4 nitrogen and oxygen atoms in total. The molecule has 0 bridgehead atoms. The summed E-state index contributed by atoms with van der Waals surface area (Å²) < 4.78 is 13.3. The molecular weight excluding hydrogens is 233 g/mol. The molecule has 0 aliphatic carbocycles. The maximum Gasteiger partial charge on any atom is 0.148 e. The molecule has 0 radical (unpaired) electrons. The number of hydrogen-bond donors (Lipinski definition) is 2. The van der Waals surface area contributed by atoms with E-state index in [1.807, 2.05) is 4.90 Å². The highest BCUT2D eigenvalue weighted by atomic mass is 19.1. The Balaban J connectivity index is 0.000000771. The number of aldehydes is 1. The van der Waals surface area contributed by atoms with Crippen molar-refractivity contribution < 1.29 is 9.18 Å². The van der Waals surface area contributed by atoms with Gasteiger partial charge in [-0.25, -0.2) is 4.39 Å². The van der Waals surface area contributed by atoms with Gasteiger partial charge in [-0.3, -0.25) is 0 Å². The second-order valence-electron chi connectivity index (χ2n) is 4.19. The summed E-state index contributed by atoms with van der Waals surface area (Å²) in [6.07, 6.45) is 2.88. The van der Waals surface area contributed by atoms with Crippen molar-refractivity contribution in [3.05, 3.63) is 24.0 Å². The molecule has 100 valence electrons. The fourth-order valence-electron chi connectivity index (χ4n) is 2.07.